The fourth-order valence-corrected chi connectivity index (χ4v) is 15.2. The monoisotopic (exact) mass is 1550 g/mol. The molecule has 0 fully saturated rings. The molecule has 2 unspecified atom stereocenters. The van der Waals surface area contributed by atoms with Gasteiger partial charge in [0.25, 0.3) is 0 Å². The summed E-state index contributed by atoms with van der Waals surface area (Å²) in [6.45, 7) is 9.68. The van der Waals surface area contributed by atoms with E-state index in [4.69, 9.17) is 37.0 Å². The molecule has 0 aliphatic heterocycles. The van der Waals surface area contributed by atoms with Crippen LogP contribution in [-0.2, 0) is 65.4 Å². The summed E-state index contributed by atoms with van der Waals surface area (Å²) < 4.78 is 68.9. The number of aliphatic hydroxyl groups is 1. The lowest BCUT2D eigenvalue weighted by Gasteiger charge is -2.21. The van der Waals surface area contributed by atoms with Gasteiger partial charge < -0.3 is 33.8 Å². The van der Waals surface area contributed by atoms with Gasteiger partial charge in [0.2, 0.25) is 0 Å². The summed E-state index contributed by atoms with van der Waals surface area (Å²) in [5.41, 5.74) is 0. The zero-order valence-electron chi connectivity index (χ0n) is 69.7. The number of hydrogen-bond acceptors (Lipinski definition) is 15. The molecule has 0 aromatic carbocycles. The Balaban J connectivity index is 5.20. The first-order chi connectivity index (χ1) is 51.4. The molecule has 0 saturated heterocycles. The molecule has 0 aromatic heterocycles. The first-order valence-electron chi connectivity index (χ1n) is 45.0. The van der Waals surface area contributed by atoms with Gasteiger partial charge in [-0.2, -0.15) is 0 Å². The van der Waals surface area contributed by atoms with E-state index in [1.807, 2.05) is 0 Å². The van der Waals surface area contributed by atoms with Crippen LogP contribution in [0, 0.1) is 11.8 Å². The van der Waals surface area contributed by atoms with Gasteiger partial charge in [0.15, 0.2) is 12.2 Å². The minimum Gasteiger partial charge on any atom is -0.462 e. The molecule has 106 heavy (non-hydrogen) atoms. The molecule has 19 heteroatoms. The van der Waals surface area contributed by atoms with Crippen molar-refractivity contribution in [2.45, 2.75) is 484 Å². The lowest BCUT2D eigenvalue weighted by Crippen LogP contribution is -2.30. The third-order valence-electron chi connectivity index (χ3n) is 20.5. The van der Waals surface area contributed by atoms with Crippen molar-refractivity contribution in [1.29, 1.82) is 0 Å². The van der Waals surface area contributed by atoms with Crippen molar-refractivity contribution in [3.63, 3.8) is 0 Å². The molecule has 0 aliphatic rings. The van der Waals surface area contributed by atoms with E-state index in [1.165, 1.54) is 283 Å². The van der Waals surface area contributed by atoms with Crippen molar-refractivity contribution in [2.75, 3.05) is 39.6 Å². The van der Waals surface area contributed by atoms with Crippen LogP contribution in [0.2, 0.25) is 0 Å². The highest BCUT2D eigenvalue weighted by molar-refractivity contribution is 7.47. The van der Waals surface area contributed by atoms with Crippen LogP contribution in [0.25, 0.3) is 0 Å². The van der Waals surface area contributed by atoms with E-state index < -0.39 is 97.5 Å². The molecular weight excluding hydrogens is 1380 g/mol. The van der Waals surface area contributed by atoms with Crippen LogP contribution >= 0.6 is 15.6 Å². The van der Waals surface area contributed by atoms with Crippen LogP contribution in [0.15, 0.2) is 0 Å². The Morgan fingerprint density at radius 1 is 0.255 bits per heavy atom. The zero-order valence-corrected chi connectivity index (χ0v) is 71.5. The van der Waals surface area contributed by atoms with Crippen LogP contribution < -0.4 is 0 Å². The fraction of sp³-hybridized carbons (Fsp3) is 0.954. The number of unbranched alkanes of at least 4 members (excludes halogenated alkanes) is 56. The molecule has 5 atom stereocenters. The smallest absolute Gasteiger partial charge is 0.462 e. The highest BCUT2D eigenvalue weighted by Gasteiger charge is 2.30. The molecule has 0 spiro atoms. The van der Waals surface area contributed by atoms with Gasteiger partial charge in [-0.3, -0.25) is 37.3 Å². The maximum Gasteiger partial charge on any atom is 0.472 e. The Kier molecular flexibility index (Phi) is 76.9. The number of phosphoric ester groups is 2. The molecule has 0 amide bonds. The summed E-state index contributed by atoms with van der Waals surface area (Å²) >= 11 is 0. The lowest BCUT2D eigenvalue weighted by molar-refractivity contribution is -0.161. The van der Waals surface area contributed by atoms with E-state index in [9.17, 15) is 43.2 Å². The van der Waals surface area contributed by atoms with Gasteiger partial charge in [-0.25, -0.2) is 9.13 Å². The van der Waals surface area contributed by atoms with Gasteiger partial charge in [-0.1, -0.05) is 414 Å². The topological polar surface area (TPSA) is 237 Å². The van der Waals surface area contributed by atoms with Crippen molar-refractivity contribution in [2.24, 2.45) is 11.8 Å². The number of hydrogen-bond donors (Lipinski definition) is 3. The lowest BCUT2D eigenvalue weighted by atomic mass is 10.0. The van der Waals surface area contributed by atoms with Crippen molar-refractivity contribution in [1.82, 2.24) is 0 Å². The molecule has 630 valence electrons. The van der Waals surface area contributed by atoms with Gasteiger partial charge in [0, 0.05) is 25.7 Å². The second kappa shape index (κ2) is 78.3. The predicted octanol–water partition coefficient (Wildman–Crippen LogP) is 26.6. The van der Waals surface area contributed by atoms with Gasteiger partial charge in [0.1, 0.15) is 19.3 Å². The normalized spacial score (nSPS) is 13.8. The predicted molar refractivity (Wildman–Crippen MR) is 437 cm³/mol. The van der Waals surface area contributed by atoms with Crippen LogP contribution in [0.1, 0.15) is 465 Å². The molecule has 17 nitrogen and oxygen atoms in total. The summed E-state index contributed by atoms with van der Waals surface area (Å²) in [7, 11) is -9.93. The summed E-state index contributed by atoms with van der Waals surface area (Å²) in [4.78, 5) is 73.2. The van der Waals surface area contributed by atoms with Crippen molar-refractivity contribution in [3.8, 4) is 0 Å². The number of aliphatic hydroxyl groups excluding tert-OH is 1. The Bertz CT molecular complexity index is 2030. The second-order valence-electron chi connectivity index (χ2n) is 32.2. The van der Waals surface area contributed by atoms with Gasteiger partial charge in [-0.05, 0) is 37.5 Å². The van der Waals surface area contributed by atoms with E-state index in [0.717, 1.165) is 102 Å². The van der Waals surface area contributed by atoms with Crippen LogP contribution in [0.5, 0.6) is 0 Å². The zero-order chi connectivity index (χ0) is 77.8. The van der Waals surface area contributed by atoms with Crippen LogP contribution in [0.4, 0.5) is 0 Å². The minimum atomic E-state index is -4.97. The number of carbonyl (C=O) groups excluding carboxylic acids is 4. The summed E-state index contributed by atoms with van der Waals surface area (Å²) in [6, 6.07) is 0. The third-order valence-corrected chi connectivity index (χ3v) is 22.4. The molecular formula is C87H170O17P2. The van der Waals surface area contributed by atoms with Gasteiger partial charge in [-0.15, -0.1) is 0 Å². The Morgan fingerprint density at radius 3 is 0.642 bits per heavy atom. The maximum absolute atomic E-state index is 13.2. The highest BCUT2D eigenvalue weighted by Crippen LogP contribution is 2.45. The van der Waals surface area contributed by atoms with E-state index in [1.54, 1.807) is 0 Å². The van der Waals surface area contributed by atoms with Crippen molar-refractivity contribution >= 4 is 39.5 Å². The average molecular weight is 1550 g/mol. The number of ether oxygens (including phenoxy) is 4. The fourth-order valence-electron chi connectivity index (χ4n) is 13.6. The molecule has 0 aliphatic carbocycles. The Hall–Kier alpha value is -1.94. The van der Waals surface area contributed by atoms with E-state index in [2.05, 4.69) is 41.5 Å². The van der Waals surface area contributed by atoms with E-state index >= 15 is 0 Å². The second-order valence-corrected chi connectivity index (χ2v) is 35.1. The Morgan fingerprint density at radius 2 is 0.434 bits per heavy atom. The number of phosphoric acid groups is 2. The number of rotatable bonds is 86. The quantitative estimate of drug-likeness (QED) is 0.0222. The number of carbonyl (C=O) groups is 4. The molecule has 0 saturated carbocycles. The molecule has 0 radical (unpaired) electrons. The van der Waals surface area contributed by atoms with E-state index in [-0.39, 0.29) is 25.7 Å². The SMILES string of the molecule is CCCCCCCCCCCCCCCCCCCCCCCCC(=O)O[C@H](COC(=O)CCCCCCCCCCCCCCCCCCCCC(C)C)COP(=O)(O)OC[C@@H](O)COP(=O)(O)OC[C@@H](COC(=O)CCCCCCCCCCCCC)OC(=O)CCCCCCCCCCCC(C)C. The molecule has 3 N–H and O–H groups in total. The standard InChI is InChI=1S/C87H170O17P2/c1-7-9-11-13-15-17-19-20-21-22-23-24-25-26-31-34-37-41-47-53-59-65-71-86(91)103-82(75-98-85(90)70-64-58-52-46-40-36-33-30-28-27-29-32-35-39-43-49-55-61-67-79(3)4)77-101-105(93,94)99-73-81(88)74-100-106(95,96)102-78-83(76-97-84(89)69-63-57-51-45-38-18-16-14-12-10-8-2)104-87(92)72-66-60-54-48-42-44-50-56-62-68-80(5)6/h79-83,88H,7-78H2,1-6H3,(H,93,94)(H,95,96)/t81-,82-,83-/m1/s1. The van der Waals surface area contributed by atoms with Crippen molar-refractivity contribution < 1.29 is 80.2 Å². The average Bonchev–Trinajstić information content (AvgIpc) is 0.918. The van der Waals surface area contributed by atoms with Crippen LogP contribution in [-0.4, -0.2) is 96.7 Å². The summed E-state index contributed by atoms with van der Waals surface area (Å²) in [5.74, 6) is -0.543. The van der Waals surface area contributed by atoms with Crippen molar-refractivity contribution in [3.05, 3.63) is 0 Å². The highest BCUT2D eigenvalue weighted by atomic mass is 31.2. The minimum absolute atomic E-state index is 0.106. The molecule has 0 bridgehead atoms. The molecule has 0 heterocycles. The largest absolute Gasteiger partial charge is 0.472 e. The Labute approximate surface area is 651 Å². The molecule has 0 rings (SSSR count). The summed E-state index contributed by atoms with van der Waals surface area (Å²) in [6.07, 6.45) is 71.0. The first kappa shape index (κ1) is 104. The maximum atomic E-state index is 13.2. The van der Waals surface area contributed by atoms with Crippen LogP contribution in [0.3, 0.4) is 0 Å². The first-order valence-corrected chi connectivity index (χ1v) is 48.0. The number of esters is 4. The molecule has 0 aromatic rings. The van der Waals surface area contributed by atoms with E-state index in [0.29, 0.717) is 25.7 Å². The third kappa shape index (κ3) is 80.1. The summed E-state index contributed by atoms with van der Waals surface area (Å²) in [5, 5.41) is 10.7. The van der Waals surface area contributed by atoms with Gasteiger partial charge in [0.05, 0.1) is 26.4 Å². The van der Waals surface area contributed by atoms with Gasteiger partial charge >= 0.3 is 39.5 Å².